The summed E-state index contributed by atoms with van der Waals surface area (Å²) in [6, 6.07) is 3.50. The summed E-state index contributed by atoms with van der Waals surface area (Å²) >= 11 is 0. The molecule has 1 aromatic rings. The number of rotatable bonds is 4. The van der Waals surface area contributed by atoms with Gasteiger partial charge in [-0.15, -0.1) is 0 Å². The van der Waals surface area contributed by atoms with Crippen molar-refractivity contribution in [3.63, 3.8) is 0 Å². The van der Waals surface area contributed by atoms with Gasteiger partial charge in [0.15, 0.2) is 6.61 Å². The van der Waals surface area contributed by atoms with Crippen molar-refractivity contribution in [3.05, 3.63) is 24.5 Å². The minimum absolute atomic E-state index is 0.0285. The van der Waals surface area contributed by atoms with Gasteiger partial charge in [-0.3, -0.25) is 19.4 Å². The molecule has 0 bridgehead atoms. The molecule has 1 atom stereocenters. The highest BCUT2D eigenvalue weighted by Gasteiger charge is 2.30. The van der Waals surface area contributed by atoms with Crippen molar-refractivity contribution in [1.82, 2.24) is 20.1 Å². The maximum absolute atomic E-state index is 12.6. The highest BCUT2D eigenvalue weighted by molar-refractivity contribution is 5.87. The van der Waals surface area contributed by atoms with Crippen LogP contribution in [-0.4, -0.2) is 71.8 Å². The van der Waals surface area contributed by atoms with Gasteiger partial charge in [-0.25, -0.2) is 0 Å². The van der Waals surface area contributed by atoms with E-state index in [1.165, 1.54) is 0 Å². The van der Waals surface area contributed by atoms with Crippen molar-refractivity contribution in [2.24, 2.45) is 5.92 Å². The van der Waals surface area contributed by atoms with E-state index in [1.807, 2.05) is 0 Å². The van der Waals surface area contributed by atoms with Crippen molar-refractivity contribution in [1.29, 1.82) is 0 Å². The summed E-state index contributed by atoms with van der Waals surface area (Å²) in [7, 11) is 0. The second-order valence-corrected chi connectivity index (χ2v) is 6.58. The van der Waals surface area contributed by atoms with Crippen LogP contribution in [0.5, 0.6) is 5.75 Å². The van der Waals surface area contributed by atoms with Crippen LogP contribution in [0.15, 0.2) is 24.5 Å². The van der Waals surface area contributed by atoms with Gasteiger partial charge in [-0.2, -0.15) is 0 Å². The van der Waals surface area contributed by atoms with Crippen molar-refractivity contribution in [3.8, 4) is 5.75 Å². The zero-order chi connectivity index (χ0) is 18.4. The Morgan fingerprint density at radius 3 is 2.81 bits per heavy atom. The number of carbonyl (C=O) groups is 3. The number of piperidine rings is 1. The molecule has 0 saturated carbocycles. The Balaban J connectivity index is 1.48. The van der Waals surface area contributed by atoms with Crippen LogP contribution < -0.4 is 10.1 Å². The number of pyridine rings is 1. The quantitative estimate of drug-likeness (QED) is 0.819. The molecule has 0 aliphatic carbocycles. The molecule has 26 heavy (non-hydrogen) atoms. The van der Waals surface area contributed by atoms with E-state index in [9.17, 15) is 14.4 Å². The van der Waals surface area contributed by atoms with Crippen LogP contribution in [0.1, 0.15) is 19.3 Å². The molecule has 2 saturated heterocycles. The molecule has 2 aliphatic heterocycles. The van der Waals surface area contributed by atoms with Gasteiger partial charge in [0.25, 0.3) is 5.91 Å². The molecule has 0 aromatic carbocycles. The third-order valence-electron chi connectivity index (χ3n) is 4.75. The van der Waals surface area contributed by atoms with Gasteiger partial charge < -0.3 is 19.9 Å². The van der Waals surface area contributed by atoms with E-state index in [2.05, 4.69) is 10.3 Å². The maximum Gasteiger partial charge on any atom is 0.260 e. The van der Waals surface area contributed by atoms with E-state index in [1.54, 1.807) is 34.3 Å². The van der Waals surface area contributed by atoms with Gasteiger partial charge in [0.1, 0.15) is 5.75 Å². The maximum atomic E-state index is 12.6. The van der Waals surface area contributed by atoms with Gasteiger partial charge in [-0.1, -0.05) is 0 Å². The predicted molar refractivity (Wildman–Crippen MR) is 93.2 cm³/mol. The normalized spacial score (nSPS) is 20.9. The van der Waals surface area contributed by atoms with E-state index in [-0.39, 0.29) is 36.7 Å². The molecular formula is C18H24N4O4. The van der Waals surface area contributed by atoms with E-state index in [0.717, 1.165) is 6.42 Å². The number of nitrogens with one attached hydrogen (secondary N) is 1. The first-order valence-electron chi connectivity index (χ1n) is 8.99. The van der Waals surface area contributed by atoms with Crippen LogP contribution in [0.25, 0.3) is 0 Å². The van der Waals surface area contributed by atoms with Crippen molar-refractivity contribution in [2.45, 2.75) is 19.3 Å². The number of nitrogens with zero attached hydrogens (tertiary/aromatic N) is 3. The standard InChI is InChI=1S/C18H24N4O4/c23-16-11-14(4-6-20-16)18(25)22-8-2-7-21(9-10-22)17(24)13-26-15-3-1-5-19-12-15/h1,3,5,12,14H,2,4,6-11,13H2,(H,20,23). The molecule has 8 heteroatoms. The fourth-order valence-corrected chi connectivity index (χ4v) is 3.31. The minimum Gasteiger partial charge on any atom is -0.482 e. The van der Waals surface area contributed by atoms with Gasteiger partial charge in [-0.05, 0) is 25.0 Å². The van der Waals surface area contributed by atoms with Gasteiger partial charge in [0, 0.05) is 51.3 Å². The minimum atomic E-state index is -0.236. The Morgan fingerprint density at radius 2 is 2.04 bits per heavy atom. The topological polar surface area (TPSA) is 91.8 Å². The first kappa shape index (κ1) is 18.2. The molecule has 0 spiro atoms. The second kappa shape index (κ2) is 8.64. The molecule has 1 unspecified atom stereocenters. The summed E-state index contributed by atoms with van der Waals surface area (Å²) in [5.41, 5.74) is 0. The molecule has 0 radical (unpaired) electrons. The molecule has 3 heterocycles. The Kier molecular flexibility index (Phi) is 6.04. The molecule has 3 amide bonds. The largest absolute Gasteiger partial charge is 0.482 e. The second-order valence-electron chi connectivity index (χ2n) is 6.58. The highest BCUT2D eigenvalue weighted by Crippen LogP contribution is 2.17. The molecule has 1 N–H and O–H groups in total. The lowest BCUT2D eigenvalue weighted by atomic mass is 9.96. The fraction of sp³-hybridized carbons (Fsp3) is 0.556. The number of aromatic nitrogens is 1. The Labute approximate surface area is 152 Å². The lowest BCUT2D eigenvalue weighted by Gasteiger charge is -2.28. The smallest absolute Gasteiger partial charge is 0.260 e. The SMILES string of the molecule is O=C1CC(C(=O)N2CCCN(C(=O)COc3cccnc3)CC2)CCN1. The first-order valence-corrected chi connectivity index (χ1v) is 8.99. The summed E-state index contributed by atoms with van der Waals surface area (Å²) < 4.78 is 5.46. The zero-order valence-electron chi connectivity index (χ0n) is 14.7. The number of hydrogen-bond acceptors (Lipinski definition) is 5. The predicted octanol–water partition coefficient (Wildman–Crippen LogP) is 0.0475. The third-order valence-corrected chi connectivity index (χ3v) is 4.75. The zero-order valence-corrected chi connectivity index (χ0v) is 14.7. The van der Waals surface area contributed by atoms with E-state index >= 15 is 0 Å². The molecule has 3 rings (SSSR count). The summed E-state index contributed by atoms with van der Waals surface area (Å²) in [5, 5.41) is 2.75. The van der Waals surface area contributed by atoms with E-state index < -0.39 is 0 Å². The van der Waals surface area contributed by atoms with Crippen LogP contribution in [0.2, 0.25) is 0 Å². The van der Waals surface area contributed by atoms with Crippen LogP contribution in [0.4, 0.5) is 0 Å². The highest BCUT2D eigenvalue weighted by atomic mass is 16.5. The average Bonchev–Trinajstić information content (AvgIpc) is 2.92. The monoisotopic (exact) mass is 360 g/mol. The van der Waals surface area contributed by atoms with E-state index in [0.29, 0.717) is 44.9 Å². The molecule has 1 aromatic heterocycles. The molecule has 2 aliphatic rings. The molecular weight excluding hydrogens is 336 g/mol. The Hall–Kier alpha value is -2.64. The number of amides is 3. The van der Waals surface area contributed by atoms with Crippen LogP contribution in [0.3, 0.4) is 0 Å². The lowest BCUT2D eigenvalue weighted by Crippen LogP contribution is -2.44. The van der Waals surface area contributed by atoms with Gasteiger partial charge >= 0.3 is 0 Å². The molecule has 8 nitrogen and oxygen atoms in total. The average molecular weight is 360 g/mol. The summed E-state index contributed by atoms with van der Waals surface area (Å²) in [4.78, 5) is 44.0. The van der Waals surface area contributed by atoms with Gasteiger partial charge in [0.05, 0.1) is 6.20 Å². The van der Waals surface area contributed by atoms with Crippen molar-refractivity contribution >= 4 is 17.7 Å². The number of hydrogen-bond donors (Lipinski definition) is 1. The van der Waals surface area contributed by atoms with Gasteiger partial charge in [0.2, 0.25) is 11.8 Å². The molecule has 140 valence electrons. The molecule has 2 fully saturated rings. The summed E-state index contributed by atoms with van der Waals surface area (Å²) in [6.07, 6.45) is 4.88. The summed E-state index contributed by atoms with van der Waals surface area (Å²) in [5.74, 6) is 0.192. The number of carbonyl (C=O) groups excluding carboxylic acids is 3. The van der Waals surface area contributed by atoms with Crippen molar-refractivity contribution < 1.29 is 19.1 Å². The fourth-order valence-electron chi connectivity index (χ4n) is 3.31. The summed E-state index contributed by atoms with van der Waals surface area (Å²) in [6.45, 7) is 2.71. The first-order chi connectivity index (χ1) is 12.6. The van der Waals surface area contributed by atoms with Crippen LogP contribution >= 0.6 is 0 Å². The third kappa shape index (κ3) is 4.71. The Bertz CT molecular complexity index is 652. The van der Waals surface area contributed by atoms with Crippen LogP contribution in [0, 0.1) is 5.92 Å². The lowest BCUT2D eigenvalue weighted by molar-refractivity contribution is -0.140. The number of ether oxygens (including phenoxy) is 1. The van der Waals surface area contributed by atoms with Crippen LogP contribution in [-0.2, 0) is 14.4 Å². The van der Waals surface area contributed by atoms with Crippen molar-refractivity contribution in [2.75, 3.05) is 39.3 Å². The Morgan fingerprint density at radius 1 is 1.23 bits per heavy atom. The van der Waals surface area contributed by atoms with E-state index in [4.69, 9.17) is 4.74 Å².